The second-order valence-corrected chi connectivity index (χ2v) is 6.42. The predicted octanol–water partition coefficient (Wildman–Crippen LogP) is 2.16. The molecule has 0 saturated carbocycles. The Bertz CT molecular complexity index is 762. The summed E-state index contributed by atoms with van der Waals surface area (Å²) in [6.45, 7) is 6.65. The molecule has 1 aromatic heterocycles. The minimum atomic E-state index is -0.599. The number of amides is 1. The van der Waals surface area contributed by atoms with Crippen molar-refractivity contribution in [3.8, 4) is 0 Å². The summed E-state index contributed by atoms with van der Waals surface area (Å²) in [5, 5.41) is 0.775. The first-order valence-corrected chi connectivity index (χ1v) is 7.25. The summed E-state index contributed by atoms with van der Waals surface area (Å²) >= 11 is 0. The molecule has 2 aromatic rings. The number of fused-ring (bicyclic) bond motifs is 1. The number of hydrogen-bond acceptors (Lipinski definition) is 4. The number of nitrogens with zero attached hydrogens (tertiary/aromatic N) is 1. The number of carbonyl (C=O) groups excluding carboxylic acids is 1. The van der Waals surface area contributed by atoms with E-state index in [1.807, 2.05) is 26.0 Å². The number of nitrogens with two attached hydrogens (primary N) is 1. The number of benzene rings is 1. The van der Waals surface area contributed by atoms with Crippen molar-refractivity contribution >= 4 is 16.9 Å². The topological polar surface area (TPSA) is 76.5 Å². The summed E-state index contributed by atoms with van der Waals surface area (Å²) in [6.07, 6.45) is 0. The number of aryl methyl sites for hydroxylation is 1. The average Bonchev–Trinajstić information content (AvgIpc) is 2.46. The van der Waals surface area contributed by atoms with E-state index in [1.165, 1.54) is 4.90 Å². The van der Waals surface area contributed by atoms with Crippen molar-refractivity contribution in [3.05, 3.63) is 45.8 Å². The second kappa shape index (κ2) is 5.93. The third-order valence-corrected chi connectivity index (χ3v) is 3.85. The maximum atomic E-state index is 12.6. The fourth-order valence-corrected chi connectivity index (χ4v) is 2.52. The van der Waals surface area contributed by atoms with Gasteiger partial charge in [0.1, 0.15) is 11.1 Å². The molecule has 0 unspecified atom stereocenters. The SMILES string of the molecule is Cc1c(C(=O)N(C)CC(C)(C)CN)c(=O)oc2ccccc12. The van der Waals surface area contributed by atoms with Gasteiger partial charge in [-0.3, -0.25) is 4.79 Å². The standard InChI is InChI=1S/C17H22N2O3/c1-11-12-7-5-6-8-13(12)22-16(21)14(11)15(20)19(4)10-17(2,3)9-18/h5-8H,9-10,18H2,1-4H3. The Kier molecular flexibility index (Phi) is 4.37. The van der Waals surface area contributed by atoms with Crippen LogP contribution in [0, 0.1) is 12.3 Å². The minimum Gasteiger partial charge on any atom is -0.422 e. The van der Waals surface area contributed by atoms with Gasteiger partial charge >= 0.3 is 5.63 Å². The van der Waals surface area contributed by atoms with E-state index in [0.29, 0.717) is 24.2 Å². The zero-order valence-electron chi connectivity index (χ0n) is 13.5. The van der Waals surface area contributed by atoms with E-state index in [1.54, 1.807) is 26.1 Å². The third kappa shape index (κ3) is 3.04. The maximum absolute atomic E-state index is 12.6. The van der Waals surface area contributed by atoms with Crippen LogP contribution >= 0.6 is 0 Å². The molecular formula is C17H22N2O3. The summed E-state index contributed by atoms with van der Waals surface area (Å²) in [6, 6.07) is 7.21. The van der Waals surface area contributed by atoms with E-state index < -0.39 is 5.63 Å². The summed E-state index contributed by atoms with van der Waals surface area (Å²) in [4.78, 5) is 26.4. The molecular weight excluding hydrogens is 280 g/mol. The van der Waals surface area contributed by atoms with Gasteiger partial charge in [-0.05, 0) is 30.5 Å². The molecule has 118 valence electrons. The van der Waals surface area contributed by atoms with Gasteiger partial charge in [0.15, 0.2) is 0 Å². The van der Waals surface area contributed by atoms with Gasteiger partial charge in [-0.15, -0.1) is 0 Å². The lowest BCUT2D eigenvalue weighted by Gasteiger charge is -2.29. The molecule has 0 aliphatic rings. The molecule has 0 radical (unpaired) electrons. The highest BCUT2D eigenvalue weighted by molar-refractivity contribution is 5.99. The van der Waals surface area contributed by atoms with Crippen LogP contribution in [0.25, 0.3) is 11.0 Å². The van der Waals surface area contributed by atoms with Gasteiger partial charge in [-0.2, -0.15) is 0 Å². The summed E-state index contributed by atoms with van der Waals surface area (Å²) in [7, 11) is 1.67. The summed E-state index contributed by atoms with van der Waals surface area (Å²) < 4.78 is 5.27. The highest BCUT2D eigenvalue weighted by atomic mass is 16.4. The zero-order valence-corrected chi connectivity index (χ0v) is 13.5. The van der Waals surface area contributed by atoms with E-state index in [2.05, 4.69) is 0 Å². The Hall–Kier alpha value is -2.14. The molecule has 0 saturated heterocycles. The summed E-state index contributed by atoms with van der Waals surface area (Å²) in [5.41, 5.74) is 6.13. The minimum absolute atomic E-state index is 0.0917. The van der Waals surface area contributed by atoms with Crippen molar-refractivity contribution in [2.24, 2.45) is 11.1 Å². The predicted molar refractivity (Wildman–Crippen MR) is 87.0 cm³/mol. The fraction of sp³-hybridized carbons (Fsp3) is 0.412. The Labute approximate surface area is 129 Å². The first kappa shape index (κ1) is 16.2. The number of hydrogen-bond donors (Lipinski definition) is 1. The lowest BCUT2D eigenvalue weighted by molar-refractivity contribution is 0.0735. The van der Waals surface area contributed by atoms with Gasteiger partial charge in [-0.25, -0.2) is 4.79 Å². The van der Waals surface area contributed by atoms with Crippen LogP contribution in [0.2, 0.25) is 0 Å². The van der Waals surface area contributed by atoms with Crippen molar-refractivity contribution in [1.82, 2.24) is 4.90 Å². The molecule has 0 spiro atoms. The fourth-order valence-electron chi connectivity index (χ4n) is 2.52. The van der Waals surface area contributed by atoms with Crippen LogP contribution in [0.5, 0.6) is 0 Å². The van der Waals surface area contributed by atoms with Gasteiger partial charge in [0.05, 0.1) is 0 Å². The molecule has 22 heavy (non-hydrogen) atoms. The van der Waals surface area contributed by atoms with Crippen LogP contribution in [0.15, 0.2) is 33.5 Å². The molecule has 1 amide bonds. The molecule has 1 aromatic carbocycles. The Morgan fingerprint density at radius 3 is 2.59 bits per heavy atom. The van der Waals surface area contributed by atoms with E-state index in [4.69, 9.17) is 10.2 Å². The molecule has 0 aliphatic carbocycles. The van der Waals surface area contributed by atoms with Crippen LogP contribution in [-0.4, -0.2) is 30.9 Å². The van der Waals surface area contributed by atoms with E-state index in [0.717, 1.165) is 5.39 Å². The number of carbonyl (C=O) groups is 1. The molecule has 2 N–H and O–H groups in total. The van der Waals surface area contributed by atoms with Gasteiger partial charge in [0, 0.05) is 19.0 Å². The summed E-state index contributed by atoms with van der Waals surface area (Å²) in [5.74, 6) is -0.335. The molecule has 0 atom stereocenters. The zero-order chi connectivity index (χ0) is 16.5. The van der Waals surface area contributed by atoms with Crippen molar-refractivity contribution < 1.29 is 9.21 Å². The lowest BCUT2D eigenvalue weighted by Crippen LogP contribution is -2.41. The molecule has 1 heterocycles. The van der Waals surface area contributed by atoms with Crippen LogP contribution in [0.1, 0.15) is 29.8 Å². The van der Waals surface area contributed by atoms with Gasteiger partial charge in [0.2, 0.25) is 0 Å². The smallest absolute Gasteiger partial charge is 0.349 e. The monoisotopic (exact) mass is 302 g/mol. The molecule has 5 heteroatoms. The maximum Gasteiger partial charge on any atom is 0.349 e. The van der Waals surface area contributed by atoms with Crippen LogP contribution < -0.4 is 11.4 Å². The number of para-hydroxylation sites is 1. The first-order valence-electron chi connectivity index (χ1n) is 7.25. The molecule has 0 aliphatic heterocycles. The van der Waals surface area contributed by atoms with Crippen molar-refractivity contribution in [2.75, 3.05) is 20.1 Å². The quantitative estimate of drug-likeness (QED) is 0.878. The Morgan fingerprint density at radius 2 is 1.95 bits per heavy atom. The largest absolute Gasteiger partial charge is 0.422 e. The second-order valence-electron chi connectivity index (χ2n) is 6.42. The first-order chi connectivity index (χ1) is 10.3. The number of rotatable bonds is 4. The average molecular weight is 302 g/mol. The normalized spacial score (nSPS) is 11.7. The molecule has 0 bridgehead atoms. The lowest BCUT2D eigenvalue weighted by atomic mass is 9.93. The van der Waals surface area contributed by atoms with Gasteiger partial charge in [-0.1, -0.05) is 32.0 Å². The highest BCUT2D eigenvalue weighted by Gasteiger charge is 2.26. The molecule has 0 fully saturated rings. The molecule has 2 rings (SSSR count). The van der Waals surface area contributed by atoms with E-state index >= 15 is 0 Å². The van der Waals surface area contributed by atoms with Crippen molar-refractivity contribution in [3.63, 3.8) is 0 Å². The van der Waals surface area contributed by atoms with Crippen LogP contribution in [0.4, 0.5) is 0 Å². The highest BCUT2D eigenvalue weighted by Crippen LogP contribution is 2.21. The molecule has 5 nitrogen and oxygen atoms in total. The van der Waals surface area contributed by atoms with Crippen molar-refractivity contribution in [2.45, 2.75) is 20.8 Å². The van der Waals surface area contributed by atoms with Crippen molar-refractivity contribution in [1.29, 1.82) is 0 Å². The Morgan fingerprint density at radius 1 is 1.32 bits per heavy atom. The van der Waals surface area contributed by atoms with Gasteiger partial charge in [0.25, 0.3) is 5.91 Å². The van der Waals surface area contributed by atoms with Crippen LogP contribution in [-0.2, 0) is 0 Å². The Balaban J connectivity index is 2.46. The van der Waals surface area contributed by atoms with Crippen LogP contribution in [0.3, 0.4) is 0 Å². The van der Waals surface area contributed by atoms with E-state index in [-0.39, 0.29) is 16.9 Å². The third-order valence-electron chi connectivity index (χ3n) is 3.85. The van der Waals surface area contributed by atoms with E-state index in [9.17, 15) is 9.59 Å². The van der Waals surface area contributed by atoms with Gasteiger partial charge < -0.3 is 15.1 Å².